The number of carbonyl (C=O) groups is 1. The van der Waals surface area contributed by atoms with Crippen LogP contribution < -0.4 is 5.32 Å². The van der Waals surface area contributed by atoms with Crippen LogP contribution in [-0.2, 0) is 13.1 Å². The molecule has 0 aliphatic carbocycles. The Hall–Kier alpha value is -3.42. The second-order valence-corrected chi connectivity index (χ2v) is 10.6. The quantitative estimate of drug-likeness (QED) is 0.439. The number of hydrogen-bond donors (Lipinski definition) is 1. The number of rotatable bonds is 6. The van der Waals surface area contributed by atoms with Gasteiger partial charge in [0.05, 0.1) is 24.1 Å². The summed E-state index contributed by atoms with van der Waals surface area (Å²) in [5, 5.41) is 5.82. The lowest BCUT2D eigenvalue weighted by molar-refractivity contribution is 0.0665. The van der Waals surface area contributed by atoms with Crippen molar-refractivity contribution in [2.24, 2.45) is 5.92 Å². The van der Waals surface area contributed by atoms with Crippen LogP contribution >= 0.6 is 0 Å². The summed E-state index contributed by atoms with van der Waals surface area (Å²) >= 11 is 0. The van der Waals surface area contributed by atoms with E-state index in [9.17, 15) is 4.79 Å². The summed E-state index contributed by atoms with van der Waals surface area (Å²) in [4.78, 5) is 22.6. The van der Waals surface area contributed by atoms with Gasteiger partial charge in [-0.25, -0.2) is 4.98 Å². The van der Waals surface area contributed by atoms with E-state index in [4.69, 9.17) is 0 Å². The van der Waals surface area contributed by atoms with Crippen molar-refractivity contribution in [3.8, 4) is 11.1 Å². The normalized spacial score (nSPS) is 17.5. The number of fused-ring (bicyclic) bond motifs is 1. The zero-order chi connectivity index (χ0) is 25.2. The van der Waals surface area contributed by atoms with E-state index in [0.29, 0.717) is 12.5 Å². The molecule has 0 spiro atoms. The van der Waals surface area contributed by atoms with Crippen molar-refractivity contribution in [2.45, 2.75) is 25.9 Å². The summed E-state index contributed by atoms with van der Waals surface area (Å²) in [5.74, 6) is 0.803. The Kier molecular flexibility index (Phi) is 6.81. The second-order valence-electron chi connectivity index (χ2n) is 10.6. The molecule has 192 valence electrons. The monoisotopic (exact) mass is 496 g/mol. The number of carbonyl (C=O) groups excluding carboxylic acids is 1. The predicted molar refractivity (Wildman–Crippen MR) is 148 cm³/mol. The van der Waals surface area contributed by atoms with Crippen molar-refractivity contribution in [2.75, 3.05) is 46.3 Å². The zero-order valence-corrected chi connectivity index (χ0v) is 21.6. The first-order chi connectivity index (χ1) is 18.2. The Morgan fingerprint density at radius 2 is 1.76 bits per heavy atom. The molecule has 37 heavy (non-hydrogen) atoms. The number of imidazole rings is 1. The highest BCUT2D eigenvalue weighted by molar-refractivity contribution is 6.06. The maximum Gasteiger partial charge on any atom is 0.256 e. The van der Waals surface area contributed by atoms with E-state index in [1.54, 1.807) is 0 Å². The number of piperidine rings is 1. The first kappa shape index (κ1) is 23.9. The van der Waals surface area contributed by atoms with Crippen molar-refractivity contribution < 1.29 is 4.79 Å². The van der Waals surface area contributed by atoms with E-state index in [1.165, 1.54) is 29.3 Å². The summed E-state index contributed by atoms with van der Waals surface area (Å²) < 4.78 is 4.48. The average molecular weight is 497 g/mol. The Balaban J connectivity index is 1.35. The largest absolute Gasteiger partial charge is 0.347 e. The molecule has 0 saturated carbocycles. The van der Waals surface area contributed by atoms with Crippen molar-refractivity contribution >= 4 is 16.7 Å². The van der Waals surface area contributed by atoms with Crippen molar-refractivity contribution in [1.82, 2.24) is 29.2 Å². The lowest BCUT2D eigenvalue weighted by Gasteiger charge is -2.32. The molecule has 2 aliphatic rings. The van der Waals surface area contributed by atoms with Gasteiger partial charge in [0.2, 0.25) is 0 Å². The van der Waals surface area contributed by atoms with Crippen molar-refractivity contribution in [3.63, 3.8) is 0 Å². The number of amides is 1. The van der Waals surface area contributed by atoms with E-state index >= 15 is 0 Å². The van der Waals surface area contributed by atoms with Gasteiger partial charge in [0.15, 0.2) is 0 Å². The Bertz CT molecular complexity index is 1370. The van der Waals surface area contributed by atoms with Gasteiger partial charge in [0, 0.05) is 56.9 Å². The molecule has 4 heterocycles. The van der Waals surface area contributed by atoms with E-state index in [1.807, 2.05) is 17.4 Å². The van der Waals surface area contributed by atoms with Crippen molar-refractivity contribution in [1.29, 1.82) is 0 Å². The minimum Gasteiger partial charge on any atom is -0.347 e. The van der Waals surface area contributed by atoms with Gasteiger partial charge in [-0.1, -0.05) is 42.5 Å². The molecule has 0 bridgehead atoms. The molecule has 7 nitrogen and oxygen atoms in total. The molecule has 6 rings (SSSR count). The van der Waals surface area contributed by atoms with Crippen molar-refractivity contribution in [3.05, 3.63) is 78.6 Å². The average Bonchev–Trinajstić information content (AvgIpc) is 3.56. The Labute approximate surface area is 218 Å². The Morgan fingerprint density at radius 1 is 0.973 bits per heavy atom. The van der Waals surface area contributed by atoms with E-state index in [-0.39, 0.29) is 5.91 Å². The number of benzene rings is 2. The molecular weight excluding hydrogens is 460 g/mol. The van der Waals surface area contributed by atoms with Gasteiger partial charge in [0.25, 0.3) is 5.91 Å². The highest BCUT2D eigenvalue weighted by atomic mass is 16.2. The van der Waals surface area contributed by atoms with Crippen LogP contribution in [0.2, 0.25) is 0 Å². The molecule has 4 aromatic rings. The van der Waals surface area contributed by atoms with Crippen LogP contribution in [0.15, 0.2) is 67.4 Å². The maximum absolute atomic E-state index is 13.9. The fraction of sp³-hybridized carbons (Fsp3) is 0.400. The third kappa shape index (κ3) is 5.06. The highest BCUT2D eigenvalue weighted by Crippen LogP contribution is 2.33. The molecule has 2 aromatic carbocycles. The van der Waals surface area contributed by atoms with Gasteiger partial charge in [-0.15, -0.1) is 0 Å². The van der Waals surface area contributed by atoms with Crippen LogP contribution in [0.3, 0.4) is 0 Å². The maximum atomic E-state index is 13.9. The fourth-order valence-corrected chi connectivity index (χ4v) is 5.80. The first-order valence-corrected chi connectivity index (χ1v) is 13.5. The molecule has 0 atom stereocenters. The number of nitrogens with one attached hydrogen (secondary N) is 1. The van der Waals surface area contributed by atoms with Crippen LogP contribution in [0.4, 0.5) is 0 Å². The van der Waals surface area contributed by atoms with E-state index < -0.39 is 0 Å². The minimum absolute atomic E-state index is 0.123. The number of piperazine rings is 1. The molecule has 2 aromatic heterocycles. The molecule has 1 N–H and O–H groups in total. The van der Waals surface area contributed by atoms with Crippen LogP contribution in [-0.4, -0.2) is 76.1 Å². The van der Waals surface area contributed by atoms with Gasteiger partial charge < -0.3 is 24.3 Å². The fourth-order valence-electron chi connectivity index (χ4n) is 5.80. The van der Waals surface area contributed by atoms with Gasteiger partial charge in [-0.2, -0.15) is 0 Å². The number of likely N-dealkylation sites (N-methyl/N-ethyl adjacent to an activating group) is 1. The molecule has 7 heteroatoms. The van der Waals surface area contributed by atoms with Crippen LogP contribution in [0.5, 0.6) is 0 Å². The number of nitrogens with zero attached hydrogens (tertiary/aromatic N) is 5. The molecule has 1 amide bonds. The highest BCUT2D eigenvalue weighted by Gasteiger charge is 2.25. The van der Waals surface area contributed by atoms with Gasteiger partial charge in [-0.3, -0.25) is 4.79 Å². The number of aromatic nitrogens is 3. The number of hydrogen-bond acceptors (Lipinski definition) is 4. The Morgan fingerprint density at radius 3 is 2.59 bits per heavy atom. The zero-order valence-electron chi connectivity index (χ0n) is 21.6. The smallest absolute Gasteiger partial charge is 0.256 e. The first-order valence-electron chi connectivity index (χ1n) is 13.5. The molecule has 2 aliphatic heterocycles. The molecule has 2 fully saturated rings. The van der Waals surface area contributed by atoms with E-state index in [2.05, 4.69) is 86.2 Å². The SMILES string of the molecule is CN1CCN(C(=O)c2cn(Cc3cncn3CC3CCNCC3)cc2-c2cccc3ccccc23)CC1. The third-order valence-corrected chi connectivity index (χ3v) is 8.04. The minimum atomic E-state index is 0.123. The summed E-state index contributed by atoms with van der Waals surface area (Å²) in [6.07, 6.45) is 10.6. The second kappa shape index (κ2) is 10.5. The topological polar surface area (TPSA) is 58.3 Å². The van der Waals surface area contributed by atoms with Crippen LogP contribution in [0, 0.1) is 5.92 Å². The van der Waals surface area contributed by atoms with Gasteiger partial charge >= 0.3 is 0 Å². The van der Waals surface area contributed by atoms with E-state index in [0.717, 1.165) is 62.5 Å². The molecule has 2 saturated heterocycles. The summed E-state index contributed by atoms with van der Waals surface area (Å²) in [7, 11) is 2.12. The molecule has 0 radical (unpaired) electrons. The van der Waals surface area contributed by atoms with Gasteiger partial charge in [0.1, 0.15) is 0 Å². The predicted octanol–water partition coefficient (Wildman–Crippen LogP) is 3.94. The molecular formula is C30H36N6O. The summed E-state index contributed by atoms with van der Waals surface area (Å²) in [5.41, 5.74) is 4.07. The third-order valence-electron chi connectivity index (χ3n) is 8.04. The standard InChI is InChI=1S/C30H36N6O/c1-33-13-15-35(16-14-33)30(37)29-21-34(19-25-17-32-22-36(25)18-23-9-11-31-12-10-23)20-28(29)27-8-4-6-24-5-2-3-7-26(24)27/h2-8,17,20-23,31H,9-16,18-19H2,1H3. The molecule has 0 unspecified atom stereocenters. The lowest BCUT2D eigenvalue weighted by atomic mass is 9.97. The summed E-state index contributed by atoms with van der Waals surface area (Å²) in [6, 6.07) is 14.8. The van der Waals surface area contributed by atoms with Gasteiger partial charge in [-0.05, 0) is 55.2 Å². The summed E-state index contributed by atoms with van der Waals surface area (Å²) in [6.45, 7) is 7.23. The van der Waals surface area contributed by atoms with Crippen LogP contribution in [0.1, 0.15) is 28.9 Å². The lowest BCUT2D eigenvalue weighted by Crippen LogP contribution is -2.47. The van der Waals surface area contributed by atoms with Crippen LogP contribution in [0.25, 0.3) is 21.9 Å².